The zero-order valence-electron chi connectivity index (χ0n) is 36.6. The highest BCUT2D eigenvalue weighted by molar-refractivity contribution is 6.80. The molecule has 2 rings (SSSR count). The highest BCUT2D eigenvalue weighted by atomic mass is 28.4. The predicted octanol–water partition coefficient (Wildman–Crippen LogP) is 8.80. The number of ether oxygens (including phenoxy) is 2. The third-order valence-electron chi connectivity index (χ3n) is 10.7. The van der Waals surface area contributed by atoms with Gasteiger partial charge < -0.3 is 37.0 Å². The van der Waals surface area contributed by atoms with Gasteiger partial charge in [-0.1, -0.05) is 86.8 Å². The summed E-state index contributed by atoms with van der Waals surface area (Å²) >= 11 is 0. The lowest BCUT2D eigenvalue weighted by atomic mass is 10.2. The number of carbonyl (C=O) groups is 2. The minimum atomic E-state index is -6.59. The molecule has 2 aromatic carbocycles. The molecule has 24 heteroatoms. The van der Waals surface area contributed by atoms with Gasteiger partial charge in [0.2, 0.25) is 0 Å². The van der Waals surface area contributed by atoms with Crippen molar-refractivity contribution in [3.63, 3.8) is 0 Å². The van der Waals surface area contributed by atoms with E-state index >= 15 is 35.1 Å². The summed E-state index contributed by atoms with van der Waals surface area (Å²) in [5.41, 5.74) is -0.443. The molecule has 0 fully saturated rings. The second kappa shape index (κ2) is 23.0. The molecular formula is C38H60F8N2O10Si4. The minimum Gasteiger partial charge on any atom is -0.396 e. The van der Waals surface area contributed by atoms with Crippen molar-refractivity contribution in [2.24, 2.45) is 0 Å². The summed E-state index contributed by atoms with van der Waals surface area (Å²) in [6.07, 6.45) is -24.8. The molecular weight excluding hydrogens is 909 g/mol. The highest BCUT2D eigenvalue weighted by Crippen LogP contribution is 2.44. The Morgan fingerprint density at radius 3 is 1.18 bits per heavy atom. The number of hydrogen-bond donors (Lipinski definition) is 1. The van der Waals surface area contributed by atoms with Crippen molar-refractivity contribution >= 4 is 56.7 Å². The highest BCUT2D eigenvalue weighted by Gasteiger charge is 2.70. The van der Waals surface area contributed by atoms with Gasteiger partial charge in [0.1, 0.15) is 0 Å². The molecule has 0 aromatic heterocycles. The molecule has 0 saturated carbocycles. The van der Waals surface area contributed by atoms with Crippen LogP contribution in [0.5, 0.6) is 0 Å². The summed E-state index contributed by atoms with van der Waals surface area (Å²) in [4.78, 5) is 27.2. The number of carbonyl (C=O) groups excluding carboxylic acids is 2. The third kappa shape index (κ3) is 15.5. The Labute approximate surface area is 362 Å². The monoisotopic (exact) mass is 968 g/mol. The Morgan fingerprint density at radius 2 is 0.871 bits per heavy atom. The van der Waals surface area contributed by atoms with E-state index in [0.717, 1.165) is 0 Å². The molecule has 0 radical (unpaired) electrons. The number of para-hydroxylation sites is 2. The van der Waals surface area contributed by atoms with Crippen LogP contribution in [0.3, 0.4) is 0 Å². The van der Waals surface area contributed by atoms with Gasteiger partial charge in [0.15, 0.2) is 0 Å². The number of benzene rings is 2. The smallest absolute Gasteiger partial charge is 0.396 e. The SMILES string of the molecule is CO[Si](CO)(CC[Si](C)(C)CCCN(C(=O)C(F)(F)OC(F)(F)C(F)(F)OC(F)(F)C(=O)N(CCC[Si](C)(C)CC[Si](OC)(OC)OC)c1ccccc1)c1ccccc1)OC. The zero-order valence-corrected chi connectivity index (χ0v) is 40.6. The van der Waals surface area contributed by atoms with E-state index in [1.165, 1.54) is 96.2 Å². The van der Waals surface area contributed by atoms with Gasteiger partial charge in [-0.15, -0.1) is 0 Å². The van der Waals surface area contributed by atoms with E-state index < -0.39 is 82.9 Å². The first kappa shape index (κ1) is 55.5. The van der Waals surface area contributed by atoms with Crippen LogP contribution in [0.15, 0.2) is 60.7 Å². The molecule has 0 heterocycles. The molecule has 2 aromatic rings. The summed E-state index contributed by atoms with van der Waals surface area (Å²) < 4.78 is 155. The van der Waals surface area contributed by atoms with Crippen molar-refractivity contribution in [3.05, 3.63) is 60.7 Å². The Balaban J connectivity index is 2.27. The molecule has 0 atom stereocenters. The van der Waals surface area contributed by atoms with E-state index in [-0.39, 0.29) is 30.4 Å². The third-order valence-corrected chi connectivity index (χ3v) is 24.0. The standard InChI is InChI=1S/C38H60F8N2O10Si4/c1-52-61(30-49,53-2)28-26-59(6,7)24-16-22-47(31-18-12-10-13-19-31)33(50)35(39,40)57-37(43,44)38(45,46)58-36(41,42)34(51)48(32-20-14-11-15-21-32)23-17-25-60(8,9)27-29-62(54-3,55-4)56-5/h10-15,18-21,49H,16-17,22-30H2,1-9H3. The number of amides is 2. The van der Waals surface area contributed by atoms with Gasteiger partial charge >= 0.3 is 53.6 Å². The Kier molecular flexibility index (Phi) is 20.6. The Hall–Kier alpha value is -2.63. The van der Waals surface area contributed by atoms with Crippen LogP contribution >= 0.6 is 0 Å². The molecule has 1 N–H and O–H groups in total. The number of rotatable bonds is 29. The lowest BCUT2D eigenvalue weighted by Crippen LogP contribution is -2.58. The van der Waals surface area contributed by atoms with E-state index in [9.17, 15) is 14.7 Å². The van der Waals surface area contributed by atoms with Crippen LogP contribution in [-0.2, 0) is 41.2 Å². The Morgan fingerprint density at radius 1 is 0.532 bits per heavy atom. The van der Waals surface area contributed by atoms with Crippen molar-refractivity contribution in [1.29, 1.82) is 0 Å². The van der Waals surface area contributed by atoms with E-state index in [1.54, 1.807) is 0 Å². The van der Waals surface area contributed by atoms with Crippen LogP contribution in [0.25, 0.3) is 0 Å². The van der Waals surface area contributed by atoms with Crippen molar-refractivity contribution in [3.8, 4) is 0 Å². The second-order valence-corrected chi connectivity index (χ2v) is 33.4. The van der Waals surface area contributed by atoms with Crippen LogP contribution in [0.2, 0.25) is 62.5 Å². The average Bonchev–Trinajstić information content (AvgIpc) is 3.22. The van der Waals surface area contributed by atoms with Crippen LogP contribution in [0.1, 0.15) is 12.8 Å². The van der Waals surface area contributed by atoms with Gasteiger partial charge in [0, 0.05) is 82.2 Å². The molecule has 2 amide bonds. The van der Waals surface area contributed by atoms with Gasteiger partial charge in [-0.05, 0) is 43.2 Å². The molecule has 0 saturated heterocycles. The summed E-state index contributed by atoms with van der Waals surface area (Å²) in [7, 11) is -3.07. The first-order valence-corrected chi connectivity index (χ1v) is 30.7. The molecule has 0 spiro atoms. The van der Waals surface area contributed by atoms with E-state index in [0.29, 0.717) is 46.1 Å². The summed E-state index contributed by atoms with van der Waals surface area (Å²) in [5.74, 6) is -4.98. The number of hydrogen-bond acceptors (Lipinski definition) is 10. The molecule has 0 aliphatic carbocycles. The van der Waals surface area contributed by atoms with Gasteiger partial charge in [0.25, 0.3) is 0 Å². The predicted molar refractivity (Wildman–Crippen MR) is 226 cm³/mol. The van der Waals surface area contributed by atoms with Gasteiger partial charge in [-0.3, -0.25) is 9.59 Å². The van der Waals surface area contributed by atoms with E-state index in [1.807, 2.05) is 26.2 Å². The summed E-state index contributed by atoms with van der Waals surface area (Å²) in [6.45, 7) is 6.85. The summed E-state index contributed by atoms with van der Waals surface area (Å²) in [6, 6.07) is 15.9. The molecule has 0 aliphatic rings. The number of halogens is 8. The summed E-state index contributed by atoms with van der Waals surface area (Å²) in [5, 5.41) is 9.79. The van der Waals surface area contributed by atoms with Crippen molar-refractivity contribution in [1.82, 2.24) is 0 Å². The molecule has 12 nitrogen and oxygen atoms in total. The largest absolute Gasteiger partial charge is 0.499 e. The average molecular weight is 969 g/mol. The first-order valence-electron chi connectivity index (χ1n) is 19.7. The minimum absolute atomic E-state index is 0.0445. The lowest BCUT2D eigenvalue weighted by molar-refractivity contribution is -0.499. The fourth-order valence-electron chi connectivity index (χ4n) is 6.51. The van der Waals surface area contributed by atoms with Crippen LogP contribution in [-0.4, -0.2) is 130 Å². The molecule has 62 heavy (non-hydrogen) atoms. The molecule has 0 bridgehead atoms. The maximum Gasteiger partial charge on any atom is 0.499 e. The lowest BCUT2D eigenvalue weighted by Gasteiger charge is -2.34. The van der Waals surface area contributed by atoms with Gasteiger partial charge in [-0.2, -0.15) is 35.1 Å². The van der Waals surface area contributed by atoms with Gasteiger partial charge in [0.05, 0.1) is 6.23 Å². The van der Waals surface area contributed by atoms with Crippen LogP contribution in [0.4, 0.5) is 46.5 Å². The van der Waals surface area contributed by atoms with E-state index in [4.69, 9.17) is 22.1 Å². The second-order valence-electron chi connectivity index (χ2n) is 16.2. The maximum absolute atomic E-state index is 15.4. The zero-order chi connectivity index (χ0) is 47.3. The van der Waals surface area contributed by atoms with Crippen LogP contribution < -0.4 is 9.80 Å². The quantitative estimate of drug-likeness (QED) is 0.0625. The Bertz CT molecular complexity index is 1550. The van der Waals surface area contributed by atoms with Crippen molar-refractivity contribution in [2.75, 3.05) is 64.7 Å². The fraction of sp³-hybridized carbons (Fsp3) is 0.632. The number of nitrogens with zero attached hydrogens (tertiary/aromatic N) is 2. The maximum atomic E-state index is 15.4. The fourth-order valence-corrected chi connectivity index (χ4v) is 19.5. The normalized spacial score (nSPS) is 13.6. The van der Waals surface area contributed by atoms with Gasteiger partial charge in [-0.25, -0.2) is 9.47 Å². The molecule has 0 unspecified atom stereocenters. The number of anilines is 2. The number of alkyl halides is 8. The number of aliphatic hydroxyl groups is 1. The number of aliphatic hydroxyl groups excluding tert-OH is 1. The topological polar surface area (TPSA) is 125 Å². The van der Waals surface area contributed by atoms with Crippen molar-refractivity contribution in [2.45, 2.75) is 99.7 Å². The first-order chi connectivity index (χ1) is 28.7. The molecule has 0 aliphatic heterocycles. The van der Waals surface area contributed by atoms with Crippen molar-refractivity contribution < 1.29 is 81.4 Å². The van der Waals surface area contributed by atoms with E-state index in [2.05, 4.69) is 9.47 Å². The molecule has 354 valence electrons. The van der Waals surface area contributed by atoms with Crippen LogP contribution in [0, 0.1) is 0 Å².